The summed E-state index contributed by atoms with van der Waals surface area (Å²) in [5, 5.41) is 4.97. The van der Waals surface area contributed by atoms with E-state index in [0.29, 0.717) is 49.5 Å². The SMILES string of the molecule is CCOC(=O)C1CCN(C(=O)CN(C)C(=O)c2cnn(-c3cccc(Cl)c3)c2CC)CC1. The standard InChI is InChI=1S/C23H29ClN4O4/c1-4-20-19(14-25-28(20)18-8-6-7-17(24)13-18)22(30)26(3)15-21(29)27-11-9-16(10-12-27)23(31)32-5-2/h6-8,13-14,16H,4-5,9-12,15H2,1-3H3. The highest BCUT2D eigenvalue weighted by Gasteiger charge is 2.29. The number of hydrogen-bond acceptors (Lipinski definition) is 5. The van der Waals surface area contributed by atoms with Gasteiger partial charge in [0.15, 0.2) is 0 Å². The number of hydrogen-bond donors (Lipinski definition) is 0. The van der Waals surface area contributed by atoms with Crippen LogP contribution in [-0.4, -0.2) is 70.7 Å². The summed E-state index contributed by atoms with van der Waals surface area (Å²) < 4.78 is 6.78. The first kappa shape index (κ1) is 23.8. The Morgan fingerprint density at radius 3 is 2.56 bits per heavy atom. The first-order chi connectivity index (χ1) is 15.3. The second kappa shape index (κ2) is 10.6. The maximum atomic E-state index is 13.1. The minimum atomic E-state index is -0.259. The van der Waals surface area contributed by atoms with Gasteiger partial charge in [-0.2, -0.15) is 5.10 Å². The fourth-order valence-corrected chi connectivity index (χ4v) is 4.11. The topological polar surface area (TPSA) is 84.7 Å². The predicted octanol–water partition coefficient (Wildman–Crippen LogP) is 2.96. The number of piperidine rings is 1. The van der Waals surface area contributed by atoms with Crippen molar-refractivity contribution >= 4 is 29.4 Å². The number of rotatable bonds is 7. The summed E-state index contributed by atoms with van der Waals surface area (Å²) in [5.41, 5.74) is 1.99. The van der Waals surface area contributed by atoms with Gasteiger partial charge in [-0.15, -0.1) is 0 Å². The second-order valence-electron chi connectivity index (χ2n) is 7.82. The van der Waals surface area contributed by atoms with Crippen LogP contribution >= 0.6 is 11.6 Å². The number of ether oxygens (including phenoxy) is 1. The Balaban J connectivity index is 1.64. The minimum absolute atomic E-state index is 0.0333. The van der Waals surface area contributed by atoms with Crippen molar-refractivity contribution in [3.8, 4) is 5.69 Å². The van der Waals surface area contributed by atoms with Crippen LogP contribution in [0.25, 0.3) is 5.69 Å². The fourth-order valence-electron chi connectivity index (χ4n) is 3.93. The van der Waals surface area contributed by atoms with Gasteiger partial charge >= 0.3 is 5.97 Å². The number of likely N-dealkylation sites (tertiary alicyclic amines) is 1. The van der Waals surface area contributed by atoms with Gasteiger partial charge in [-0.1, -0.05) is 24.6 Å². The van der Waals surface area contributed by atoms with Crippen LogP contribution in [0.15, 0.2) is 30.5 Å². The zero-order chi connectivity index (χ0) is 23.3. The van der Waals surface area contributed by atoms with Crippen LogP contribution < -0.4 is 0 Å². The summed E-state index contributed by atoms with van der Waals surface area (Å²) in [6.07, 6.45) is 3.29. The number of nitrogens with zero attached hydrogens (tertiary/aromatic N) is 4. The molecule has 0 N–H and O–H groups in total. The van der Waals surface area contributed by atoms with Crippen LogP contribution in [0.5, 0.6) is 0 Å². The number of amides is 2. The number of carbonyl (C=O) groups is 3. The molecule has 0 saturated carbocycles. The number of benzene rings is 1. The van der Waals surface area contributed by atoms with Crippen molar-refractivity contribution in [1.82, 2.24) is 19.6 Å². The molecule has 0 aliphatic carbocycles. The molecule has 2 aromatic rings. The molecule has 172 valence electrons. The normalized spacial score (nSPS) is 14.3. The first-order valence-corrected chi connectivity index (χ1v) is 11.3. The molecule has 1 aromatic carbocycles. The van der Waals surface area contributed by atoms with Gasteiger partial charge in [0.2, 0.25) is 5.91 Å². The predicted molar refractivity (Wildman–Crippen MR) is 121 cm³/mol. The first-order valence-electron chi connectivity index (χ1n) is 10.9. The van der Waals surface area contributed by atoms with Crippen molar-refractivity contribution in [2.24, 2.45) is 5.92 Å². The molecular formula is C23H29ClN4O4. The lowest BCUT2D eigenvalue weighted by molar-refractivity contribution is -0.151. The third-order valence-corrected chi connectivity index (χ3v) is 5.91. The van der Waals surface area contributed by atoms with Crippen molar-refractivity contribution in [2.75, 3.05) is 33.3 Å². The molecule has 2 heterocycles. The Kier molecular flexibility index (Phi) is 7.90. The van der Waals surface area contributed by atoms with Crippen LogP contribution in [0.2, 0.25) is 5.02 Å². The molecule has 1 fully saturated rings. The molecule has 1 aromatic heterocycles. The zero-order valence-corrected chi connectivity index (χ0v) is 19.5. The average molecular weight is 461 g/mol. The largest absolute Gasteiger partial charge is 0.466 e. The molecule has 0 radical (unpaired) electrons. The van der Waals surface area contributed by atoms with E-state index in [0.717, 1.165) is 11.4 Å². The zero-order valence-electron chi connectivity index (χ0n) is 18.7. The number of aromatic nitrogens is 2. The van der Waals surface area contributed by atoms with Crippen LogP contribution in [0.1, 0.15) is 42.7 Å². The molecule has 2 amide bonds. The molecular weight excluding hydrogens is 432 g/mol. The Hall–Kier alpha value is -2.87. The molecule has 0 atom stereocenters. The maximum absolute atomic E-state index is 13.1. The van der Waals surface area contributed by atoms with E-state index in [4.69, 9.17) is 16.3 Å². The number of likely N-dealkylation sites (N-methyl/N-ethyl adjacent to an activating group) is 1. The van der Waals surface area contributed by atoms with Crippen molar-refractivity contribution in [1.29, 1.82) is 0 Å². The van der Waals surface area contributed by atoms with E-state index in [9.17, 15) is 14.4 Å². The lowest BCUT2D eigenvalue weighted by Gasteiger charge is -2.32. The molecule has 0 bridgehead atoms. The molecule has 1 aliphatic heterocycles. The molecule has 8 nitrogen and oxygen atoms in total. The molecule has 9 heteroatoms. The molecule has 1 saturated heterocycles. The maximum Gasteiger partial charge on any atom is 0.309 e. The third kappa shape index (κ3) is 5.30. The molecule has 0 spiro atoms. The van der Waals surface area contributed by atoms with E-state index in [1.807, 2.05) is 19.1 Å². The summed E-state index contributed by atoms with van der Waals surface area (Å²) in [6, 6.07) is 7.27. The Bertz CT molecular complexity index is 982. The minimum Gasteiger partial charge on any atom is -0.466 e. The lowest BCUT2D eigenvalue weighted by Crippen LogP contribution is -2.45. The summed E-state index contributed by atoms with van der Waals surface area (Å²) in [5.74, 6) is -0.758. The summed E-state index contributed by atoms with van der Waals surface area (Å²) in [7, 11) is 1.61. The summed E-state index contributed by atoms with van der Waals surface area (Å²) in [4.78, 5) is 40.8. The number of halogens is 1. The van der Waals surface area contributed by atoms with Crippen molar-refractivity contribution in [3.05, 3.63) is 46.7 Å². The van der Waals surface area contributed by atoms with Crippen LogP contribution in [0.4, 0.5) is 0 Å². The number of carbonyl (C=O) groups excluding carboxylic acids is 3. The van der Waals surface area contributed by atoms with E-state index in [1.54, 1.807) is 35.7 Å². The highest BCUT2D eigenvalue weighted by molar-refractivity contribution is 6.30. The molecule has 32 heavy (non-hydrogen) atoms. The van der Waals surface area contributed by atoms with Gasteiger partial charge in [0, 0.05) is 25.2 Å². The number of esters is 1. The highest BCUT2D eigenvalue weighted by Crippen LogP contribution is 2.21. The summed E-state index contributed by atoms with van der Waals surface area (Å²) in [6.45, 7) is 5.03. The molecule has 3 rings (SSSR count). The van der Waals surface area contributed by atoms with Gasteiger partial charge in [-0.05, 0) is 44.4 Å². The van der Waals surface area contributed by atoms with Gasteiger partial charge in [0.25, 0.3) is 5.91 Å². The van der Waals surface area contributed by atoms with E-state index in [-0.39, 0.29) is 30.2 Å². The van der Waals surface area contributed by atoms with Crippen molar-refractivity contribution in [3.63, 3.8) is 0 Å². The smallest absolute Gasteiger partial charge is 0.309 e. The lowest BCUT2D eigenvalue weighted by atomic mass is 9.97. The van der Waals surface area contributed by atoms with E-state index in [2.05, 4.69) is 5.10 Å². The van der Waals surface area contributed by atoms with Crippen LogP contribution in [0.3, 0.4) is 0 Å². The van der Waals surface area contributed by atoms with Gasteiger partial charge in [0.05, 0.1) is 42.2 Å². The van der Waals surface area contributed by atoms with Crippen molar-refractivity contribution < 1.29 is 19.1 Å². The third-order valence-electron chi connectivity index (χ3n) is 5.67. The molecule has 1 aliphatic rings. The van der Waals surface area contributed by atoms with Crippen molar-refractivity contribution in [2.45, 2.75) is 33.1 Å². The highest BCUT2D eigenvalue weighted by atomic mass is 35.5. The fraction of sp³-hybridized carbons (Fsp3) is 0.478. The van der Waals surface area contributed by atoms with E-state index < -0.39 is 0 Å². The van der Waals surface area contributed by atoms with E-state index >= 15 is 0 Å². The average Bonchev–Trinajstić information content (AvgIpc) is 3.22. The van der Waals surface area contributed by atoms with Gasteiger partial charge < -0.3 is 14.5 Å². The van der Waals surface area contributed by atoms with Gasteiger partial charge in [-0.3, -0.25) is 14.4 Å². The Labute approximate surface area is 193 Å². The Morgan fingerprint density at radius 1 is 1.22 bits per heavy atom. The van der Waals surface area contributed by atoms with Crippen LogP contribution in [0, 0.1) is 5.92 Å². The monoisotopic (exact) mass is 460 g/mol. The van der Waals surface area contributed by atoms with Gasteiger partial charge in [0.1, 0.15) is 0 Å². The summed E-state index contributed by atoms with van der Waals surface area (Å²) >= 11 is 6.10. The molecule has 0 unspecified atom stereocenters. The van der Waals surface area contributed by atoms with E-state index in [1.165, 1.54) is 11.1 Å². The van der Waals surface area contributed by atoms with Gasteiger partial charge in [-0.25, -0.2) is 4.68 Å². The second-order valence-corrected chi connectivity index (χ2v) is 8.25. The quantitative estimate of drug-likeness (QED) is 0.593. The van der Waals surface area contributed by atoms with Crippen LogP contribution in [-0.2, 0) is 20.7 Å². The Morgan fingerprint density at radius 2 is 1.94 bits per heavy atom.